The summed E-state index contributed by atoms with van der Waals surface area (Å²) in [6, 6.07) is 7.94. The van der Waals surface area contributed by atoms with Gasteiger partial charge in [0.05, 0.1) is 18.0 Å². The van der Waals surface area contributed by atoms with Gasteiger partial charge in [0.1, 0.15) is 11.6 Å². The van der Waals surface area contributed by atoms with E-state index in [0.717, 1.165) is 39.0 Å². The number of aromatic nitrogens is 4. The number of rotatable bonds is 5. The van der Waals surface area contributed by atoms with E-state index in [1.165, 1.54) is 0 Å². The summed E-state index contributed by atoms with van der Waals surface area (Å²) in [6.07, 6.45) is 7.26. The highest BCUT2D eigenvalue weighted by Gasteiger charge is 2.10. The molecule has 4 rings (SSSR count). The quantitative estimate of drug-likeness (QED) is 0.495. The van der Waals surface area contributed by atoms with Crippen molar-refractivity contribution in [3.63, 3.8) is 0 Å². The number of aliphatic hydroxyl groups excluding tert-OH is 1. The van der Waals surface area contributed by atoms with E-state index in [4.69, 9.17) is 10.8 Å². The summed E-state index contributed by atoms with van der Waals surface area (Å²) in [5.41, 5.74) is 11.0. The molecule has 4 N–H and O–H groups in total. The Labute approximate surface area is 162 Å². The molecular formula is C21H22N6O. The van der Waals surface area contributed by atoms with Gasteiger partial charge in [-0.05, 0) is 49.1 Å². The number of hydrogen-bond acceptors (Lipinski definition) is 6. The van der Waals surface area contributed by atoms with Gasteiger partial charge in [-0.3, -0.25) is 4.98 Å². The van der Waals surface area contributed by atoms with Crippen molar-refractivity contribution in [1.82, 2.24) is 19.5 Å². The number of pyridine rings is 3. The number of hydrogen-bond donors (Lipinski definition) is 3. The van der Waals surface area contributed by atoms with E-state index in [9.17, 15) is 0 Å². The Morgan fingerprint density at radius 1 is 1.18 bits per heavy atom. The van der Waals surface area contributed by atoms with E-state index in [1.54, 1.807) is 18.6 Å². The molecule has 0 radical (unpaired) electrons. The minimum Gasteiger partial charge on any atom is -0.395 e. The van der Waals surface area contributed by atoms with Gasteiger partial charge in [0, 0.05) is 48.0 Å². The summed E-state index contributed by atoms with van der Waals surface area (Å²) in [5.74, 6) is 1.16. The highest BCUT2D eigenvalue weighted by molar-refractivity contribution is 5.94. The smallest absolute Gasteiger partial charge is 0.133 e. The van der Waals surface area contributed by atoms with Gasteiger partial charge in [-0.25, -0.2) is 9.97 Å². The molecule has 0 unspecified atom stereocenters. The Hall–Kier alpha value is -3.45. The standard InChI is InChI=1S/C21H22N6O/c1-13-3-4-23-10-17(13)19-8-15-9-20(24-11-18(15)21(22)26-19)25-16-7-14(2)27(12-16)5-6-28/h3-4,7-12,28H,5-6H2,1-2H3,(H2,22,26)(H,24,25). The molecular weight excluding hydrogens is 352 g/mol. The van der Waals surface area contributed by atoms with Crippen LogP contribution in [0.4, 0.5) is 17.3 Å². The molecule has 4 heterocycles. The molecule has 0 fully saturated rings. The van der Waals surface area contributed by atoms with E-state index in [0.29, 0.717) is 18.2 Å². The minimum absolute atomic E-state index is 0.103. The lowest BCUT2D eigenvalue weighted by Gasteiger charge is -2.10. The largest absolute Gasteiger partial charge is 0.395 e. The maximum atomic E-state index is 9.15. The maximum Gasteiger partial charge on any atom is 0.133 e. The maximum absolute atomic E-state index is 9.15. The monoisotopic (exact) mass is 374 g/mol. The zero-order valence-electron chi connectivity index (χ0n) is 15.8. The molecule has 0 bridgehead atoms. The van der Waals surface area contributed by atoms with Crippen molar-refractivity contribution in [1.29, 1.82) is 0 Å². The summed E-state index contributed by atoms with van der Waals surface area (Å²) < 4.78 is 1.99. The molecule has 0 saturated heterocycles. The van der Waals surface area contributed by atoms with Gasteiger partial charge in [-0.15, -0.1) is 0 Å². The first kappa shape index (κ1) is 17.9. The first-order chi connectivity index (χ1) is 13.5. The summed E-state index contributed by atoms with van der Waals surface area (Å²) >= 11 is 0. The predicted octanol–water partition coefficient (Wildman–Crippen LogP) is 3.43. The molecule has 0 aliphatic heterocycles. The zero-order chi connectivity index (χ0) is 19.7. The number of nitrogens with two attached hydrogens (primary N) is 1. The summed E-state index contributed by atoms with van der Waals surface area (Å²) in [7, 11) is 0. The van der Waals surface area contributed by atoms with Crippen molar-refractivity contribution in [2.24, 2.45) is 0 Å². The van der Waals surface area contributed by atoms with Gasteiger partial charge >= 0.3 is 0 Å². The molecule has 0 aliphatic carbocycles. The van der Waals surface area contributed by atoms with Crippen LogP contribution in [0.15, 0.2) is 49.1 Å². The number of aliphatic hydroxyl groups is 1. The predicted molar refractivity (Wildman–Crippen MR) is 111 cm³/mol. The van der Waals surface area contributed by atoms with Gasteiger partial charge < -0.3 is 20.7 Å². The Bertz CT molecular complexity index is 1150. The van der Waals surface area contributed by atoms with Crippen LogP contribution >= 0.6 is 0 Å². The fraction of sp³-hybridized carbons (Fsp3) is 0.190. The van der Waals surface area contributed by atoms with Gasteiger partial charge in [0.25, 0.3) is 0 Å². The molecule has 0 amide bonds. The lowest BCUT2D eigenvalue weighted by molar-refractivity contribution is 0.275. The van der Waals surface area contributed by atoms with Crippen molar-refractivity contribution in [2.45, 2.75) is 20.4 Å². The van der Waals surface area contributed by atoms with E-state index in [-0.39, 0.29) is 6.61 Å². The van der Waals surface area contributed by atoms with Crippen molar-refractivity contribution in [3.05, 3.63) is 60.3 Å². The van der Waals surface area contributed by atoms with Crippen LogP contribution in [0.1, 0.15) is 11.3 Å². The highest BCUT2D eigenvalue weighted by Crippen LogP contribution is 2.29. The molecule has 4 aromatic rings. The van der Waals surface area contributed by atoms with Crippen LogP contribution in [0.25, 0.3) is 22.0 Å². The third-order valence-electron chi connectivity index (χ3n) is 4.79. The van der Waals surface area contributed by atoms with Crippen LogP contribution in [0.2, 0.25) is 0 Å². The van der Waals surface area contributed by atoms with Crippen LogP contribution < -0.4 is 11.1 Å². The lowest BCUT2D eigenvalue weighted by atomic mass is 10.1. The number of fused-ring (bicyclic) bond motifs is 1. The number of nitrogens with zero attached hydrogens (tertiary/aromatic N) is 4. The SMILES string of the molecule is Cc1ccncc1-c1cc2cc(Nc3cc(C)n(CCO)c3)ncc2c(N)n1. The van der Waals surface area contributed by atoms with E-state index in [1.807, 2.05) is 48.9 Å². The normalized spacial score (nSPS) is 11.1. The minimum atomic E-state index is 0.103. The lowest BCUT2D eigenvalue weighted by Crippen LogP contribution is -2.01. The molecule has 0 aliphatic rings. The first-order valence-electron chi connectivity index (χ1n) is 9.07. The number of aryl methyl sites for hydroxylation is 2. The van der Waals surface area contributed by atoms with E-state index in [2.05, 4.69) is 20.3 Å². The Morgan fingerprint density at radius 2 is 2.04 bits per heavy atom. The fourth-order valence-electron chi connectivity index (χ4n) is 3.29. The molecule has 0 spiro atoms. The van der Waals surface area contributed by atoms with E-state index < -0.39 is 0 Å². The van der Waals surface area contributed by atoms with Crippen molar-refractivity contribution >= 4 is 28.1 Å². The van der Waals surface area contributed by atoms with Crippen molar-refractivity contribution in [2.75, 3.05) is 17.7 Å². The zero-order valence-corrected chi connectivity index (χ0v) is 15.8. The van der Waals surface area contributed by atoms with Crippen molar-refractivity contribution in [3.8, 4) is 11.3 Å². The van der Waals surface area contributed by atoms with Gasteiger partial charge in [0.15, 0.2) is 0 Å². The van der Waals surface area contributed by atoms with Gasteiger partial charge in [0.2, 0.25) is 0 Å². The van der Waals surface area contributed by atoms with E-state index >= 15 is 0 Å². The average molecular weight is 374 g/mol. The molecule has 142 valence electrons. The van der Waals surface area contributed by atoms with Crippen molar-refractivity contribution < 1.29 is 5.11 Å². The van der Waals surface area contributed by atoms with Crippen LogP contribution in [-0.2, 0) is 6.54 Å². The third-order valence-corrected chi connectivity index (χ3v) is 4.79. The Kier molecular flexibility index (Phi) is 4.67. The topological polar surface area (TPSA) is 102 Å². The summed E-state index contributed by atoms with van der Waals surface area (Å²) in [5, 5.41) is 14.2. The number of nitrogen functional groups attached to an aromatic ring is 1. The fourth-order valence-corrected chi connectivity index (χ4v) is 3.29. The van der Waals surface area contributed by atoms with Crippen LogP contribution in [0.3, 0.4) is 0 Å². The van der Waals surface area contributed by atoms with Crippen LogP contribution in [0.5, 0.6) is 0 Å². The first-order valence-corrected chi connectivity index (χ1v) is 9.07. The third kappa shape index (κ3) is 3.39. The number of nitrogens with one attached hydrogen (secondary N) is 1. The van der Waals surface area contributed by atoms with Crippen LogP contribution in [-0.4, -0.2) is 31.2 Å². The molecule has 0 atom stereocenters. The second kappa shape index (κ2) is 7.28. The Morgan fingerprint density at radius 3 is 2.82 bits per heavy atom. The van der Waals surface area contributed by atoms with Crippen LogP contribution in [0, 0.1) is 13.8 Å². The Balaban J connectivity index is 1.72. The molecule has 0 saturated carbocycles. The summed E-state index contributed by atoms with van der Waals surface area (Å²) in [4.78, 5) is 13.2. The van der Waals surface area contributed by atoms with Gasteiger partial charge in [-0.2, -0.15) is 0 Å². The highest BCUT2D eigenvalue weighted by atomic mass is 16.3. The molecule has 4 aromatic heterocycles. The molecule has 7 heteroatoms. The molecule has 0 aromatic carbocycles. The molecule has 7 nitrogen and oxygen atoms in total. The second-order valence-electron chi connectivity index (χ2n) is 6.79. The molecule has 28 heavy (non-hydrogen) atoms. The summed E-state index contributed by atoms with van der Waals surface area (Å²) in [6.45, 7) is 4.70. The average Bonchev–Trinajstić information content (AvgIpc) is 3.01. The number of anilines is 3. The van der Waals surface area contributed by atoms with Gasteiger partial charge in [-0.1, -0.05) is 0 Å². The second-order valence-corrected chi connectivity index (χ2v) is 6.79.